The van der Waals surface area contributed by atoms with E-state index in [0.717, 1.165) is 0 Å². The predicted molar refractivity (Wildman–Crippen MR) is 151 cm³/mol. The van der Waals surface area contributed by atoms with Crippen LogP contribution in [-0.2, 0) is 14.3 Å². The monoisotopic (exact) mass is 580 g/mol. The van der Waals surface area contributed by atoms with Crippen molar-refractivity contribution >= 4 is 5.78 Å². The summed E-state index contributed by atoms with van der Waals surface area (Å²) in [6, 6.07) is 0. The van der Waals surface area contributed by atoms with E-state index in [1.54, 1.807) is 6.08 Å². The van der Waals surface area contributed by atoms with E-state index >= 15 is 0 Å². The summed E-state index contributed by atoms with van der Waals surface area (Å²) < 4.78 is 12.5. The fourth-order valence-electron chi connectivity index (χ4n) is 9.84. The summed E-state index contributed by atoms with van der Waals surface area (Å²) in [4.78, 5) is 13.7. The lowest BCUT2D eigenvalue weighted by Crippen LogP contribution is -2.64. The summed E-state index contributed by atoms with van der Waals surface area (Å²) in [5.41, 5.74) is -3.61. The fraction of sp³-hybridized carbons (Fsp3) is 0.906. The minimum atomic E-state index is -1.54. The third-order valence-corrected chi connectivity index (χ3v) is 12.5. The lowest BCUT2D eigenvalue weighted by atomic mass is 9.45. The number of carbonyl (C=O) groups is 1. The summed E-state index contributed by atoms with van der Waals surface area (Å²) >= 11 is 0. The zero-order valence-corrected chi connectivity index (χ0v) is 25.3. The molecule has 1 heterocycles. The molecule has 0 radical (unpaired) electrons. The van der Waals surface area contributed by atoms with E-state index in [1.165, 1.54) is 0 Å². The maximum Gasteiger partial charge on any atom is 0.159 e. The molecule has 0 aromatic heterocycles. The minimum absolute atomic E-state index is 0.00359. The van der Waals surface area contributed by atoms with Crippen molar-refractivity contribution in [2.45, 2.75) is 121 Å². The molecule has 0 amide bonds. The molecule has 3 saturated carbocycles. The Hall–Kier alpha value is -0.910. The van der Waals surface area contributed by atoms with Gasteiger partial charge in [0.15, 0.2) is 5.78 Å². The highest BCUT2D eigenvalue weighted by Crippen LogP contribution is 2.71. The Bertz CT molecular complexity index is 1030. The van der Waals surface area contributed by atoms with E-state index in [1.807, 2.05) is 27.7 Å². The van der Waals surface area contributed by atoms with Gasteiger partial charge in [-0.25, -0.2) is 0 Å². The predicted octanol–water partition coefficient (Wildman–Crippen LogP) is 1.74. The number of rotatable bonds is 9. The van der Waals surface area contributed by atoms with E-state index in [2.05, 4.69) is 6.92 Å². The summed E-state index contributed by atoms with van der Waals surface area (Å²) in [6.07, 6.45) is 0.789. The van der Waals surface area contributed by atoms with Gasteiger partial charge in [-0.05, 0) is 66.9 Å². The maximum absolute atomic E-state index is 13.7. The van der Waals surface area contributed by atoms with Crippen LogP contribution >= 0.6 is 0 Å². The van der Waals surface area contributed by atoms with E-state index in [0.29, 0.717) is 44.3 Å². The molecular formula is C32H52O9. The van der Waals surface area contributed by atoms with E-state index < -0.39 is 58.5 Å². The normalized spacial score (nSPS) is 48.7. The second-order valence-corrected chi connectivity index (χ2v) is 14.8. The summed E-state index contributed by atoms with van der Waals surface area (Å²) in [5, 5.41) is 66.4. The quantitative estimate of drug-likeness (QED) is 0.224. The lowest BCUT2D eigenvalue weighted by Gasteiger charge is -2.60. The van der Waals surface area contributed by atoms with Crippen molar-refractivity contribution in [3.8, 4) is 0 Å². The van der Waals surface area contributed by atoms with Gasteiger partial charge in [-0.3, -0.25) is 4.79 Å². The average Bonchev–Trinajstić information content (AvgIpc) is 3.32. The third kappa shape index (κ3) is 4.52. The lowest BCUT2D eigenvalue weighted by molar-refractivity contribution is -0.185. The first-order valence-corrected chi connectivity index (χ1v) is 15.7. The summed E-state index contributed by atoms with van der Waals surface area (Å²) in [6.45, 7) is 10.1. The van der Waals surface area contributed by atoms with Crippen LogP contribution in [-0.4, -0.2) is 98.0 Å². The molecule has 6 N–H and O–H groups in total. The number of fused-ring (bicyclic) bond motifs is 7. The molecule has 5 rings (SSSR count). The zero-order valence-electron chi connectivity index (χ0n) is 25.3. The molecule has 9 heteroatoms. The molecule has 0 aromatic carbocycles. The smallest absolute Gasteiger partial charge is 0.159 e. The molecule has 0 aromatic rings. The number of ether oxygens (including phenoxy) is 2. The Morgan fingerprint density at radius 2 is 1.80 bits per heavy atom. The van der Waals surface area contributed by atoms with Crippen LogP contribution in [0.4, 0.5) is 0 Å². The van der Waals surface area contributed by atoms with Crippen molar-refractivity contribution in [3.05, 3.63) is 11.6 Å². The molecule has 1 saturated heterocycles. The van der Waals surface area contributed by atoms with Gasteiger partial charge in [0.1, 0.15) is 11.7 Å². The number of hydrogen-bond acceptors (Lipinski definition) is 9. The minimum Gasteiger partial charge on any atom is -0.396 e. The highest BCUT2D eigenvalue weighted by Gasteiger charge is 2.76. The first kappa shape index (κ1) is 31.5. The van der Waals surface area contributed by atoms with Crippen LogP contribution in [0, 0.1) is 40.4 Å². The Kier molecular flexibility index (Phi) is 8.39. The number of ketones is 1. The second-order valence-electron chi connectivity index (χ2n) is 14.8. The SMILES string of the molecule is CC(C)[C@H](C)[C@H](O)[C@@H]1O[C@H]2C[C@@]3(O)C4=CC(=O)[C@@H]5C[C@@H](O)[C@@H](OCCCO)C[C@]5(C)[C@H]4CC[C@]3(C)[C@H]2[C@]1(O)CCO. The van der Waals surface area contributed by atoms with Gasteiger partial charge in [-0.1, -0.05) is 34.6 Å². The van der Waals surface area contributed by atoms with Gasteiger partial charge in [0.2, 0.25) is 0 Å². The molecule has 5 aliphatic rings. The van der Waals surface area contributed by atoms with Gasteiger partial charge in [0.05, 0.1) is 30.0 Å². The fourth-order valence-corrected chi connectivity index (χ4v) is 9.84. The molecular weight excluding hydrogens is 528 g/mol. The average molecular weight is 581 g/mol. The van der Waals surface area contributed by atoms with Crippen molar-refractivity contribution < 1.29 is 44.9 Å². The molecule has 13 atom stereocenters. The van der Waals surface area contributed by atoms with Gasteiger partial charge in [-0.15, -0.1) is 0 Å². The van der Waals surface area contributed by atoms with Crippen molar-refractivity contribution in [1.29, 1.82) is 0 Å². The van der Waals surface area contributed by atoms with Crippen LogP contribution < -0.4 is 0 Å². The number of carbonyl (C=O) groups excluding carboxylic acids is 1. The molecule has 234 valence electrons. The molecule has 0 bridgehead atoms. The van der Waals surface area contributed by atoms with Crippen molar-refractivity contribution in [2.24, 2.45) is 40.4 Å². The van der Waals surface area contributed by atoms with E-state index in [4.69, 9.17) is 9.47 Å². The van der Waals surface area contributed by atoms with Crippen molar-refractivity contribution in [1.82, 2.24) is 0 Å². The number of hydrogen-bond donors (Lipinski definition) is 6. The summed E-state index contributed by atoms with van der Waals surface area (Å²) in [7, 11) is 0. The standard InChI is InChI=1S/C32H52O9/c1-17(2)18(3)26(37)28-31(38,9-11-34)27-25(41-28)16-32(39)20-13-22(35)21-14-23(36)24(40-12-6-10-33)15-29(21,4)19(20)7-8-30(27,32)5/h13,17-19,21,23-28,33-34,36-39H,6-12,14-16H2,1-5H3/t18-,19-,21-,23+,24-,25-,26-,27-,28-,29+,30+,31+,32+/m0/s1. The third-order valence-electron chi connectivity index (χ3n) is 12.5. The Balaban J connectivity index is 1.49. The van der Waals surface area contributed by atoms with Crippen molar-refractivity contribution in [2.75, 3.05) is 19.8 Å². The first-order valence-electron chi connectivity index (χ1n) is 15.7. The van der Waals surface area contributed by atoms with Gasteiger partial charge in [0, 0.05) is 49.9 Å². The molecule has 41 heavy (non-hydrogen) atoms. The zero-order chi connectivity index (χ0) is 30.1. The topological polar surface area (TPSA) is 157 Å². The Morgan fingerprint density at radius 1 is 1.10 bits per heavy atom. The van der Waals surface area contributed by atoms with Crippen LogP contribution in [0.3, 0.4) is 0 Å². The highest BCUT2D eigenvalue weighted by atomic mass is 16.5. The molecule has 9 nitrogen and oxygen atoms in total. The largest absolute Gasteiger partial charge is 0.396 e. The number of allylic oxidation sites excluding steroid dienone is 1. The molecule has 0 spiro atoms. The molecule has 4 fully saturated rings. The first-order chi connectivity index (χ1) is 19.2. The Morgan fingerprint density at radius 3 is 2.44 bits per heavy atom. The second kappa shape index (κ2) is 10.9. The molecule has 0 unspecified atom stereocenters. The van der Waals surface area contributed by atoms with Gasteiger partial charge in [0.25, 0.3) is 0 Å². The summed E-state index contributed by atoms with van der Waals surface area (Å²) in [5.74, 6) is -1.09. The van der Waals surface area contributed by atoms with Crippen molar-refractivity contribution in [3.63, 3.8) is 0 Å². The maximum atomic E-state index is 13.7. The highest BCUT2D eigenvalue weighted by molar-refractivity contribution is 5.95. The van der Waals surface area contributed by atoms with Gasteiger partial charge >= 0.3 is 0 Å². The Labute approximate surface area is 243 Å². The number of aliphatic hydroxyl groups excluding tert-OH is 4. The van der Waals surface area contributed by atoms with Gasteiger partial charge in [-0.2, -0.15) is 0 Å². The van der Waals surface area contributed by atoms with Crippen LogP contribution in [0.5, 0.6) is 0 Å². The van der Waals surface area contributed by atoms with Crippen LogP contribution in [0.2, 0.25) is 0 Å². The van der Waals surface area contributed by atoms with Gasteiger partial charge < -0.3 is 40.1 Å². The number of aliphatic hydroxyl groups is 6. The van der Waals surface area contributed by atoms with E-state index in [-0.39, 0.29) is 55.5 Å². The van der Waals surface area contributed by atoms with E-state index in [9.17, 15) is 35.4 Å². The molecule has 4 aliphatic carbocycles. The van der Waals surface area contributed by atoms with Crippen LogP contribution in [0.25, 0.3) is 0 Å². The van der Waals surface area contributed by atoms with Crippen LogP contribution in [0.1, 0.15) is 79.6 Å². The molecule has 1 aliphatic heterocycles. The van der Waals surface area contributed by atoms with Crippen LogP contribution in [0.15, 0.2) is 11.6 Å².